The minimum atomic E-state index is -0.260. The molecular weight excluding hydrogens is 164 g/mol. The Morgan fingerprint density at radius 1 is 1.46 bits per heavy atom. The van der Waals surface area contributed by atoms with Gasteiger partial charge in [0, 0.05) is 12.8 Å². The van der Waals surface area contributed by atoms with Gasteiger partial charge in [0.15, 0.2) is 0 Å². The van der Waals surface area contributed by atoms with E-state index in [1.807, 2.05) is 6.92 Å². The van der Waals surface area contributed by atoms with E-state index in [-0.39, 0.29) is 17.5 Å². The van der Waals surface area contributed by atoms with Crippen molar-refractivity contribution in [2.24, 2.45) is 11.8 Å². The summed E-state index contributed by atoms with van der Waals surface area (Å²) in [4.78, 5) is 22.9. The molecule has 0 aromatic carbocycles. The van der Waals surface area contributed by atoms with E-state index in [1.165, 1.54) is 0 Å². The third-order valence-electron chi connectivity index (χ3n) is 3.07. The number of carbonyl (C=O) groups excluding carboxylic acids is 2. The Labute approximate surface area is 79.7 Å². The largest absolute Gasteiger partial charge is 0.299 e. The number of hydrogen-bond donors (Lipinski definition) is 0. The highest BCUT2D eigenvalue weighted by molar-refractivity contribution is 6.02. The van der Waals surface area contributed by atoms with Gasteiger partial charge in [-0.15, -0.1) is 0 Å². The lowest BCUT2D eigenvalue weighted by Gasteiger charge is -2.25. The van der Waals surface area contributed by atoms with Crippen molar-refractivity contribution in [1.82, 2.24) is 0 Å². The minimum absolute atomic E-state index is 0.142. The van der Waals surface area contributed by atoms with E-state index < -0.39 is 0 Å². The van der Waals surface area contributed by atoms with Gasteiger partial charge in [0.1, 0.15) is 11.6 Å². The van der Waals surface area contributed by atoms with Crippen LogP contribution in [-0.2, 0) is 9.59 Å². The van der Waals surface area contributed by atoms with E-state index in [9.17, 15) is 9.59 Å². The van der Waals surface area contributed by atoms with Crippen LogP contribution in [0.3, 0.4) is 0 Å². The second-order valence-electron chi connectivity index (χ2n) is 3.89. The van der Waals surface area contributed by atoms with Crippen LogP contribution in [0.1, 0.15) is 46.0 Å². The van der Waals surface area contributed by atoms with Crippen LogP contribution < -0.4 is 0 Å². The normalized spacial score (nSPS) is 28.9. The molecule has 0 spiro atoms. The molecule has 0 aromatic heterocycles. The molecule has 0 amide bonds. The third-order valence-corrected chi connectivity index (χ3v) is 3.07. The molecule has 74 valence electrons. The molecule has 1 saturated carbocycles. The molecule has 0 radical (unpaired) electrons. The first-order valence-corrected chi connectivity index (χ1v) is 5.24. The van der Waals surface area contributed by atoms with Gasteiger partial charge in [-0.3, -0.25) is 9.59 Å². The summed E-state index contributed by atoms with van der Waals surface area (Å²) in [5.41, 5.74) is 0. The molecule has 2 heteroatoms. The quantitative estimate of drug-likeness (QED) is 0.628. The summed E-state index contributed by atoms with van der Waals surface area (Å²) in [5, 5.41) is 0. The summed E-state index contributed by atoms with van der Waals surface area (Å²) < 4.78 is 0. The Hall–Kier alpha value is -0.660. The monoisotopic (exact) mass is 182 g/mol. The van der Waals surface area contributed by atoms with Gasteiger partial charge in [-0.1, -0.05) is 20.3 Å². The fourth-order valence-corrected chi connectivity index (χ4v) is 2.03. The molecule has 13 heavy (non-hydrogen) atoms. The average Bonchev–Trinajstić information content (AvgIpc) is 2.17. The van der Waals surface area contributed by atoms with Crippen molar-refractivity contribution in [3.05, 3.63) is 0 Å². The van der Waals surface area contributed by atoms with Crippen LogP contribution in [0.2, 0.25) is 0 Å². The summed E-state index contributed by atoms with van der Waals surface area (Å²) in [6.45, 7) is 3.97. The van der Waals surface area contributed by atoms with Gasteiger partial charge in [-0.2, -0.15) is 0 Å². The molecule has 2 atom stereocenters. The van der Waals surface area contributed by atoms with Gasteiger partial charge in [0.2, 0.25) is 0 Å². The van der Waals surface area contributed by atoms with Crippen LogP contribution in [0.15, 0.2) is 0 Å². The topological polar surface area (TPSA) is 34.1 Å². The number of ketones is 2. The van der Waals surface area contributed by atoms with E-state index >= 15 is 0 Å². The maximum atomic E-state index is 11.4. The highest BCUT2D eigenvalue weighted by Crippen LogP contribution is 2.29. The molecule has 0 aromatic rings. The first-order chi connectivity index (χ1) is 6.19. The van der Waals surface area contributed by atoms with Crippen molar-refractivity contribution >= 4 is 11.6 Å². The highest BCUT2D eigenvalue weighted by atomic mass is 16.1. The van der Waals surface area contributed by atoms with Gasteiger partial charge in [0.05, 0.1) is 5.92 Å². The van der Waals surface area contributed by atoms with Gasteiger partial charge in [-0.05, 0) is 18.8 Å². The molecular formula is C11H18O2. The Kier molecular flexibility index (Phi) is 3.64. The predicted molar refractivity (Wildman–Crippen MR) is 51.4 cm³/mol. The van der Waals surface area contributed by atoms with Crippen LogP contribution in [0, 0.1) is 11.8 Å². The lowest BCUT2D eigenvalue weighted by atomic mass is 9.77. The highest BCUT2D eigenvalue weighted by Gasteiger charge is 2.31. The number of hydrogen-bond acceptors (Lipinski definition) is 2. The molecule has 1 rings (SSSR count). The molecule has 1 fully saturated rings. The minimum Gasteiger partial charge on any atom is -0.299 e. The van der Waals surface area contributed by atoms with Gasteiger partial charge < -0.3 is 0 Å². The maximum absolute atomic E-state index is 11.4. The molecule has 0 aliphatic heterocycles. The van der Waals surface area contributed by atoms with Crippen LogP contribution in [0.4, 0.5) is 0 Å². The van der Waals surface area contributed by atoms with Crippen molar-refractivity contribution in [2.75, 3.05) is 0 Å². The number of carbonyl (C=O) groups is 2. The Morgan fingerprint density at radius 2 is 2.15 bits per heavy atom. The zero-order valence-electron chi connectivity index (χ0n) is 8.51. The standard InChI is InChI=1S/C11H18O2/c1-3-8-5-6-11(13)9(7-8)10(12)4-2/h8-9H,3-7H2,1-2H3. The maximum Gasteiger partial charge on any atom is 0.143 e. The van der Waals surface area contributed by atoms with Crippen LogP contribution in [0.5, 0.6) is 0 Å². The second-order valence-corrected chi connectivity index (χ2v) is 3.89. The smallest absolute Gasteiger partial charge is 0.143 e. The van der Waals surface area contributed by atoms with Crippen LogP contribution in [0.25, 0.3) is 0 Å². The zero-order chi connectivity index (χ0) is 9.84. The summed E-state index contributed by atoms with van der Waals surface area (Å²) in [6.07, 6.45) is 4.02. The van der Waals surface area contributed by atoms with E-state index in [2.05, 4.69) is 6.92 Å². The SMILES string of the molecule is CCC(=O)C1CC(CC)CCC1=O. The first kappa shape index (κ1) is 10.4. The molecule has 1 aliphatic rings. The lowest BCUT2D eigenvalue weighted by Crippen LogP contribution is -2.30. The van der Waals surface area contributed by atoms with Crippen molar-refractivity contribution in [1.29, 1.82) is 0 Å². The van der Waals surface area contributed by atoms with Gasteiger partial charge in [0.25, 0.3) is 0 Å². The average molecular weight is 182 g/mol. The van der Waals surface area contributed by atoms with Crippen molar-refractivity contribution in [2.45, 2.75) is 46.0 Å². The summed E-state index contributed by atoms with van der Waals surface area (Å²) in [5.74, 6) is 0.654. The van der Waals surface area contributed by atoms with Crippen molar-refractivity contribution in [3.8, 4) is 0 Å². The molecule has 0 heterocycles. The fourth-order valence-electron chi connectivity index (χ4n) is 2.03. The molecule has 0 N–H and O–H groups in total. The van der Waals surface area contributed by atoms with Crippen LogP contribution >= 0.6 is 0 Å². The van der Waals surface area contributed by atoms with Crippen molar-refractivity contribution in [3.63, 3.8) is 0 Å². The summed E-state index contributed by atoms with van der Waals surface area (Å²) in [6, 6.07) is 0. The fraction of sp³-hybridized carbons (Fsp3) is 0.818. The van der Waals surface area contributed by atoms with E-state index in [1.54, 1.807) is 0 Å². The van der Waals surface area contributed by atoms with Crippen molar-refractivity contribution < 1.29 is 9.59 Å². The van der Waals surface area contributed by atoms with E-state index in [0.717, 1.165) is 19.3 Å². The number of rotatable bonds is 3. The lowest BCUT2D eigenvalue weighted by molar-refractivity contribution is -0.135. The van der Waals surface area contributed by atoms with Gasteiger partial charge >= 0.3 is 0 Å². The zero-order valence-corrected chi connectivity index (χ0v) is 8.51. The number of Topliss-reactive ketones (excluding diaryl/α,β-unsaturated/α-hetero) is 2. The third kappa shape index (κ3) is 2.39. The predicted octanol–water partition coefficient (Wildman–Crippen LogP) is 2.36. The summed E-state index contributed by atoms with van der Waals surface area (Å²) >= 11 is 0. The van der Waals surface area contributed by atoms with Crippen LogP contribution in [-0.4, -0.2) is 11.6 Å². The molecule has 1 aliphatic carbocycles. The molecule has 2 nitrogen and oxygen atoms in total. The first-order valence-electron chi connectivity index (χ1n) is 5.24. The van der Waals surface area contributed by atoms with E-state index in [4.69, 9.17) is 0 Å². The Balaban J connectivity index is 2.59. The molecule has 2 unspecified atom stereocenters. The Morgan fingerprint density at radius 3 is 2.69 bits per heavy atom. The van der Waals surface area contributed by atoms with Gasteiger partial charge in [-0.25, -0.2) is 0 Å². The summed E-state index contributed by atoms with van der Waals surface area (Å²) in [7, 11) is 0. The second kappa shape index (κ2) is 4.54. The molecule has 0 saturated heterocycles. The molecule has 0 bridgehead atoms. The van der Waals surface area contributed by atoms with E-state index in [0.29, 0.717) is 18.8 Å². The Bertz CT molecular complexity index is 200.